The highest BCUT2D eigenvalue weighted by Crippen LogP contribution is 2.17. The summed E-state index contributed by atoms with van der Waals surface area (Å²) in [5.74, 6) is 0.909. The van der Waals surface area contributed by atoms with Crippen LogP contribution in [0.5, 0.6) is 5.75 Å². The van der Waals surface area contributed by atoms with E-state index in [1.54, 1.807) is 0 Å². The lowest BCUT2D eigenvalue weighted by Crippen LogP contribution is -2.05. The molecule has 3 heteroatoms. The smallest absolute Gasteiger partial charge is 0.119 e. The van der Waals surface area contributed by atoms with E-state index >= 15 is 0 Å². The van der Waals surface area contributed by atoms with Crippen molar-refractivity contribution in [3.63, 3.8) is 0 Å². The third-order valence-corrected chi connectivity index (χ3v) is 2.39. The lowest BCUT2D eigenvalue weighted by atomic mass is 10.2. The molecule has 0 saturated heterocycles. The van der Waals surface area contributed by atoms with Crippen LogP contribution in [0.2, 0.25) is 0 Å². The van der Waals surface area contributed by atoms with E-state index in [0.717, 1.165) is 18.0 Å². The van der Waals surface area contributed by atoms with Crippen LogP contribution in [-0.4, -0.2) is 11.1 Å². The van der Waals surface area contributed by atoms with Gasteiger partial charge >= 0.3 is 0 Å². The van der Waals surface area contributed by atoms with Gasteiger partial charge in [-0.2, -0.15) is 0 Å². The Labute approximate surface area is 102 Å². The van der Waals surface area contributed by atoms with Crippen LogP contribution in [0.4, 0.5) is 5.69 Å². The van der Waals surface area contributed by atoms with E-state index in [2.05, 4.69) is 16.4 Å². The minimum absolute atomic E-state index is 0.216. The number of benzene rings is 1. The number of anilines is 1. The van der Waals surface area contributed by atoms with Gasteiger partial charge in [0.15, 0.2) is 0 Å². The van der Waals surface area contributed by atoms with Crippen LogP contribution in [0.1, 0.15) is 19.4 Å². The van der Waals surface area contributed by atoms with Gasteiger partial charge in [-0.3, -0.25) is 0 Å². The number of H-pyrrole nitrogens is 1. The van der Waals surface area contributed by atoms with Crippen molar-refractivity contribution in [3.05, 3.63) is 48.3 Å². The van der Waals surface area contributed by atoms with E-state index in [4.69, 9.17) is 4.74 Å². The highest BCUT2D eigenvalue weighted by Gasteiger charge is 1.98. The Morgan fingerprint density at radius 1 is 1.18 bits per heavy atom. The van der Waals surface area contributed by atoms with E-state index in [1.165, 1.54) is 5.56 Å². The van der Waals surface area contributed by atoms with Crippen LogP contribution < -0.4 is 10.1 Å². The van der Waals surface area contributed by atoms with Gasteiger partial charge in [0.1, 0.15) is 5.75 Å². The van der Waals surface area contributed by atoms with Gasteiger partial charge in [-0.25, -0.2) is 0 Å². The minimum atomic E-state index is 0.216. The predicted molar refractivity (Wildman–Crippen MR) is 70.3 cm³/mol. The maximum atomic E-state index is 5.59. The standard InChI is InChI=1S/C14H18N2O/c1-11(2)17-14-5-3-13(4-6-14)16-10-12-7-8-15-9-12/h3-9,11,15-16H,10H2,1-2H3. The Bertz CT molecular complexity index is 432. The van der Waals surface area contributed by atoms with Gasteiger partial charge in [0.05, 0.1) is 6.10 Å². The third kappa shape index (κ3) is 3.55. The van der Waals surface area contributed by atoms with Gasteiger partial charge in [-0.15, -0.1) is 0 Å². The summed E-state index contributed by atoms with van der Waals surface area (Å²) < 4.78 is 5.59. The van der Waals surface area contributed by atoms with Crippen molar-refractivity contribution in [1.29, 1.82) is 0 Å². The van der Waals surface area contributed by atoms with Crippen molar-refractivity contribution in [3.8, 4) is 5.75 Å². The van der Waals surface area contributed by atoms with Gasteiger partial charge in [-0.1, -0.05) is 0 Å². The molecule has 0 aliphatic carbocycles. The normalized spacial score (nSPS) is 10.5. The number of ether oxygens (including phenoxy) is 1. The summed E-state index contributed by atoms with van der Waals surface area (Å²) in [5, 5.41) is 3.35. The zero-order chi connectivity index (χ0) is 12.1. The van der Waals surface area contributed by atoms with Crippen LogP contribution in [0, 0.1) is 0 Å². The van der Waals surface area contributed by atoms with Gasteiger partial charge < -0.3 is 15.0 Å². The molecule has 3 nitrogen and oxygen atoms in total. The monoisotopic (exact) mass is 230 g/mol. The Kier molecular flexibility index (Phi) is 3.70. The fourth-order valence-corrected chi connectivity index (χ4v) is 1.60. The van der Waals surface area contributed by atoms with E-state index in [-0.39, 0.29) is 6.10 Å². The van der Waals surface area contributed by atoms with E-state index in [9.17, 15) is 0 Å². The molecule has 0 aliphatic rings. The largest absolute Gasteiger partial charge is 0.491 e. The van der Waals surface area contributed by atoms with Crippen molar-refractivity contribution < 1.29 is 4.74 Å². The SMILES string of the molecule is CC(C)Oc1ccc(NCc2cc[nH]c2)cc1. The summed E-state index contributed by atoms with van der Waals surface area (Å²) in [6, 6.07) is 10.1. The molecule has 0 bridgehead atoms. The first-order chi connectivity index (χ1) is 8.24. The highest BCUT2D eigenvalue weighted by atomic mass is 16.5. The molecular formula is C14H18N2O. The molecule has 0 aliphatic heterocycles. The van der Waals surface area contributed by atoms with E-state index in [0.29, 0.717) is 0 Å². The Morgan fingerprint density at radius 2 is 1.94 bits per heavy atom. The first-order valence-electron chi connectivity index (χ1n) is 5.86. The molecule has 2 N–H and O–H groups in total. The van der Waals surface area contributed by atoms with Gasteiger partial charge in [0, 0.05) is 24.6 Å². The van der Waals surface area contributed by atoms with Gasteiger partial charge in [0.2, 0.25) is 0 Å². The van der Waals surface area contributed by atoms with Crippen LogP contribution >= 0.6 is 0 Å². The summed E-state index contributed by atoms with van der Waals surface area (Å²) >= 11 is 0. The van der Waals surface area contributed by atoms with Crippen LogP contribution in [0.15, 0.2) is 42.7 Å². The Hall–Kier alpha value is -1.90. The molecule has 0 atom stereocenters. The molecule has 0 unspecified atom stereocenters. The third-order valence-electron chi connectivity index (χ3n) is 2.39. The molecule has 0 amide bonds. The average Bonchev–Trinajstić information content (AvgIpc) is 2.80. The van der Waals surface area contributed by atoms with E-state index in [1.807, 2.05) is 50.5 Å². The zero-order valence-electron chi connectivity index (χ0n) is 10.2. The molecule has 0 radical (unpaired) electrons. The van der Waals surface area contributed by atoms with Crippen molar-refractivity contribution in [1.82, 2.24) is 4.98 Å². The second-order valence-electron chi connectivity index (χ2n) is 4.26. The number of rotatable bonds is 5. The molecule has 0 spiro atoms. The number of hydrogen-bond donors (Lipinski definition) is 2. The van der Waals surface area contributed by atoms with Crippen molar-refractivity contribution in [2.45, 2.75) is 26.5 Å². The van der Waals surface area contributed by atoms with Crippen LogP contribution in [0.25, 0.3) is 0 Å². The zero-order valence-corrected chi connectivity index (χ0v) is 10.2. The summed E-state index contributed by atoms with van der Waals surface area (Å²) in [4.78, 5) is 3.04. The molecule has 0 fully saturated rings. The fourth-order valence-electron chi connectivity index (χ4n) is 1.60. The summed E-state index contributed by atoms with van der Waals surface area (Å²) in [7, 11) is 0. The van der Waals surface area contributed by atoms with E-state index < -0.39 is 0 Å². The molecular weight excluding hydrogens is 212 g/mol. The summed E-state index contributed by atoms with van der Waals surface area (Å²) in [6.45, 7) is 4.88. The highest BCUT2D eigenvalue weighted by molar-refractivity contribution is 5.46. The first-order valence-corrected chi connectivity index (χ1v) is 5.86. The first kappa shape index (κ1) is 11.6. The molecule has 0 saturated carbocycles. The second kappa shape index (κ2) is 5.43. The maximum absolute atomic E-state index is 5.59. The molecule has 1 aromatic heterocycles. The maximum Gasteiger partial charge on any atom is 0.119 e. The quantitative estimate of drug-likeness (QED) is 0.825. The Balaban J connectivity index is 1.89. The molecule has 2 rings (SSSR count). The molecule has 17 heavy (non-hydrogen) atoms. The predicted octanol–water partition coefficient (Wildman–Crippen LogP) is 3.41. The van der Waals surface area contributed by atoms with Crippen molar-refractivity contribution >= 4 is 5.69 Å². The van der Waals surface area contributed by atoms with Crippen LogP contribution in [0.3, 0.4) is 0 Å². The lowest BCUT2D eigenvalue weighted by molar-refractivity contribution is 0.242. The number of nitrogens with one attached hydrogen (secondary N) is 2. The minimum Gasteiger partial charge on any atom is -0.491 e. The molecule has 1 aromatic carbocycles. The topological polar surface area (TPSA) is 37.0 Å². The summed E-state index contributed by atoms with van der Waals surface area (Å²) in [5.41, 5.74) is 2.34. The van der Waals surface area contributed by atoms with Crippen molar-refractivity contribution in [2.24, 2.45) is 0 Å². The number of aromatic nitrogens is 1. The molecule has 1 heterocycles. The second-order valence-corrected chi connectivity index (χ2v) is 4.26. The molecule has 90 valence electrons. The molecule has 2 aromatic rings. The Morgan fingerprint density at radius 3 is 2.53 bits per heavy atom. The number of aromatic amines is 1. The lowest BCUT2D eigenvalue weighted by Gasteiger charge is -2.10. The summed E-state index contributed by atoms with van der Waals surface area (Å²) in [6.07, 6.45) is 4.13. The van der Waals surface area contributed by atoms with Crippen molar-refractivity contribution in [2.75, 3.05) is 5.32 Å². The number of hydrogen-bond acceptors (Lipinski definition) is 2. The van der Waals surface area contributed by atoms with Gasteiger partial charge in [-0.05, 0) is 49.7 Å². The average molecular weight is 230 g/mol. The van der Waals surface area contributed by atoms with Crippen LogP contribution in [-0.2, 0) is 6.54 Å². The fraction of sp³-hybridized carbons (Fsp3) is 0.286. The van der Waals surface area contributed by atoms with Gasteiger partial charge in [0.25, 0.3) is 0 Å².